The molecular weight excluding hydrogens is 336 g/mol. The lowest BCUT2D eigenvalue weighted by Crippen LogP contribution is -2.44. The van der Waals surface area contributed by atoms with E-state index in [9.17, 15) is 4.79 Å². The van der Waals surface area contributed by atoms with Gasteiger partial charge in [-0.05, 0) is 47.2 Å². The van der Waals surface area contributed by atoms with Crippen LogP contribution in [0.15, 0.2) is 27.2 Å². The van der Waals surface area contributed by atoms with Crippen molar-refractivity contribution in [2.75, 3.05) is 7.11 Å². The molecule has 4 nitrogen and oxygen atoms in total. The fraction of sp³-hybridized carbons (Fsp3) is 0.273. The summed E-state index contributed by atoms with van der Waals surface area (Å²) in [5, 5.41) is 6.54. The number of hydrogen-bond donors (Lipinski definition) is 2. The SMILES string of the molecule is COC(=O)C1=C(C)NC(=S)NC1c1ccc(Br)s1. The summed E-state index contributed by atoms with van der Waals surface area (Å²) in [5.74, 6) is -0.357. The molecule has 0 fully saturated rings. The molecule has 1 atom stereocenters. The van der Waals surface area contributed by atoms with Gasteiger partial charge in [0.05, 0.1) is 22.5 Å². The highest BCUT2D eigenvalue weighted by Crippen LogP contribution is 2.34. The van der Waals surface area contributed by atoms with Crippen molar-refractivity contribution in [3.63, 3.8) is 0 Å². The Hall–Kier alpha value is -0.920. The van der Waals surface area contributed by atoms with Gasteiger partial charge in [0, 0.05) is 10.6 Å². The summed E-state index contributed by atoms with van der Waals surface area (Å²) in [6.45, 7) is 1.81. The van der Waals surface area contributed by atoms with Crippen LogP contribution in [0.5, 0.6) is 0 Å². The number of esters is 1. The smallest absolute Gasteiger partial charge is 0.337 e. The molecule has 0 bridgehead atoms. The van der Waals surface area contributed by atoms with Crippen LogP contribution in [0.3, 0.4) is 0 Å². The van der Waals surface area contributed by atoms with Crippen molar-refractivity contribution in [1.82, 2.24) is 10.6 Å². The van der Waals surface area contributed by atoms with E-state index in [0.717, 1.165) is 14.4 Å². The predicted molar refractivity (Wildman–Crippen MR) is 78.3 cm³/mol. The highest BCUT2D eigenvalue weighted by Gasteiger charge is 2.31. The van der Waals surface area contributed by atoms with E-state index in [4.69, 9.17) is 17.0 Å². The zero-order valence-electron chi connectivity index (χ0n) is 9.74. The molecule has 96 valence electrons. The van der Waals surface area contributed by atoms with Gasteiger partial charge in [-0.15, -0.1) is 11.3 Å². The van der Waals surface area contributed by atoms with E-state index in [1.165, 1.54) is 7.11 Å². The third kappa shape index (κ3) is 2.57. The van der Waals surface area contributed by atoms with Gasteiger partial charge in [-0.2, -0.15) is 0 Å². The average Bonchev–Trinajstić information content (AvgIpc) is 2.74. The normalized spacial score (nSPS) is 19.3. The maximum atomic E-state index is 11.9. The van der Waals surface area contributed by atoms with Crippen molar-refractivity contribution >= 4 is 50.6 Å². The molecule has 0 aromatic carbocycles. The first-order valence-corrected chi connectivity index (χ1v) is 7.16. The monoisotopic (exact) mass is 346 g/mol. The van der Waals surface area contributed by atoms with Crippen molar-refractivity contribution in [2.24, 2.45) is 0 Å². The molecule has 1 unspecified atom stereocenters. The standard InChI is InChI=1S/C11H11BrN2O2S2/c1-5-8(10(15)16-2)9(14-11(17)13-5)6-3-4-7(12)18-6/h3-4,9H,1-2H3,(H2,13,14,17). The molecule has 0 amide bonds. The molecule has 7 heteroatoms. The molecule has 1 aliphatic heterocycles. The Morgan fingerprint density at radius 1 is 1.56 bits per heavy atom. The number of halogens is 1. The van der Waals surface area contributed by atoms with Crippen LogP contribution < -0.4 is 10.6 Å². The largest absolute Gasteiger partial charge is 0.466 e. The van der Waals surface area contributed by atoms with Crippen LogP contribution in [0.1, 0.15) is 17.8 Å². The van der Waals surface area contributed by atoms with E-state index in [1.807, 2.05) is 19.1 Å². The zero-order valence-corrected chi connectivity index (χ0v) is 13.0. The minimum absolute atomic E-state index is 0.262. The Bertz CT molecular complexity index is 539. The lowest BCUT2D eigenvalue weighted by molar-refractivity contribution is -0.136. The van der Waals surface area contributed by atoms with Gasteiger partial charge in [-0.1, -0.05) is 0 Å². The van der Waals surface area contributed by atoms with Crippen molar-refractivity contribution in [3.8, 4) is 0 Å². The molecule has 0 aliphatic carbocycles. The molecule has 18 heavy (non-hydrogen) atoms. The van der Waals surface area contributed by atoms with Crippen LogP contribution >= 0.6 is 39.5 Å². The first-order valence-electron chi connectivity index (χ1n) is 5.14. The molecule has 0 saturated carbocycles. The molecular formula is C11H11BrN2O2S2. The van der Waals surface area contributed by atoms with Gasteiger partial charge in [0.25, 0.3) is 0 Å². The van der Waals surface area contributed by atoms with Gasteiger partial charge >= 0.3 is 5.97 Å². The minimum Gasteiger partial charge on any atom is -0.466 e. The van der Waals surface area contributed by atoms with Crippen LogP contribution in [0.4, 0.5) is 0 Å². The summed E-state index contributed by atoms with van der Waals surface area (Å²) in [6, 6.07) is 3.63. The second-order valence-electron chi connectivity index (χ2n) is 3.70. The summed E-state index contributed by atoms with van der Waals surface area (Å²) in [4.78, 5) is 12.9. The zero-order chi connectivity index (χ0) is 13.3. The average molecular weight is 347 g/mol. The van der Waals surface area contributed by atoms with Crippen LogP contribution in [-0.4, -0.2) is 18.2 Å². The predicted octanol–water partition coefficient (Wildman–Crippen LogP) is 2.48. The summed E-state index contributed by atoms with van der Waals surface area (Å²) in [5.41, 5.74) is 1.28. The maximum absolute atomic E-state index is 11.9. The number of ether oxygens (including phenoxy) is 1. The third-order valence-electron chi connectivity index (χ3n) is 2.55. The molecule has 2 N–H and O–H groups in total. The Balaban J connectivity index is 2.45. The number of thiophene rings is 1. The van der Waals surface area contributed by atoms with Gasteiger partial charge in [-0.3, -0.25) is 0 Å². The van der Waals surface area contributed by atoms with Crippen molar-refractivity contribution < 1.29 is 9.53 Å². The van der Waals surface area contributed by atoms with E-state index in [0.29, 0.717) is 10.7 Å². The van der Waals surface area contributed by atoms with Crippen LogP contribution in [0.2, 0.25) is 0 Å². The van der Waals surface area contributed by atoms with Crippen molar-refractivity contribution in [3.05, 3.63) is 32.1 Å². The second kappa shape index (κ2) is 5.38. The fourth-order valence-corrected chi connectivity index (χ4v) is 3.53. The molecule has 0 saturated heterocycles. The van der Waals surface area contributed by atoms with E-state index in [1.54, 1.807) is 11.3 Å². The number of rotatable bonds is 2. The van der Waals surface area contributed by atoms with Crippen LogP contribution in [0, 0.1) is 0 Å². The molecule has 2 heterocycles. The topological polar surface area (TPSA) is 50.4 Å². The van der Waals surface area contributed by atoms with Crippen LogP contribution in [0.25, 0.3) is 0 Å². The van der Waals surface area contributed by atoms with Gasteiger partial charge in [0.15, 0.2) is 5.11 Å². The molecule has 0 radical (unpaired) electrons. The summed E-state index contributed by atoms with van der Waals surface area (Å²) in [7, 11) is 1.37. The number of allylic oxidation sites excluding steroid dienone is 1. The lowest BCUT2D eigenvalue weighted by Gasteiger charge is -2.28. The van der Waals surface area contributed by atoms with E-state index in [-0.39, 0.29) is 12.0 Å². The number of hydrogen-bond acceptors (Lipinski definition) is 4. The maximum Gasteiger partial charge on any atom is 0.337 e. The van der Waals surface area contributed by atoms with Gasteiger partial charge in [0.1, 0.15) is 0 Å². The molecule has 1 aromatic heterocycles. The first kappa shape index (κ1) is 13.5. The minimum atomic E-state index is -0.357. The molecule has 2 rings (SSSR count). The van der Waals surface area contributed by atoms with Crippen molar-refractivity contribution in [1.29, 1.82) is 0 Å². The number of methoxy groups -OCH3 is 1. The highest BCUT2D eigenvalue weighted by molar-refractivity contribution is 9.11. The Morgan fingerprint density at radius 2 is 2.28 bits per heavy atom. The Labute approximate surface area is 123 Å². The quantitative estimate of drug-likeness (QED) is 0.636. The first-order chi connectivity index (χ1) is 8.52. The van der Waals surface area contributed by atoms with Crippen LogP contribution in [-0.2, 0) is 9.53 Å². The van der Waals surface area contributed by atoms with E-state index >= 15 is 0 Å². The van der Waals surface area contributed by atoms with E-state index in [2.05, 4.69) is 26.6 Å². The summed E-state index contributed by atoms with van der Waals surface area (Å²) >= 11 is 10.1. The number of thiocarbonyl (C=S) groups is 1. The Kier molecular flexibility index (Phi) is 4.04. The Morgan fingerprint density at radius 3 is 2.83 bits per heavy atom. The number of carbonyl (C=O) groups is 1. The third-order valence-corrected chi connectivity index (χ3v) is 4.46. The number of carbonyl (C=O) groups excluding carboxylic acids is 1. The fourth-order valence-electron chi connectivity index (χ4n) is 1.77. The lowest BCUT2D eigenvalue weighted by atomic mass is 10.0. The second-order valence-corrected chi connectivity index (χ2v) is 6.61. The molecule has 1 aliphatic rings. The number of nitrogens with one attached hydrogen (secondary N) is 2. The van der Waals surface area contributed by atoms with Gasteiger partial charge < -0.3 is 15.4 Å². The summed E-state index contributed by atoms with van der Waals surface area (Å²) in [6.07, 6.45) is 0. The van der Waals surface area contributed by atoms with Gasteiger partial charge in [0.2, 0.25) is 0 Å². The van der Waals surface area contributed by atoms with E-state index < -0.39 is 0 Å². The molecule has 1 aromatic rings. The van der Waals surface area contributed by atoms with Crippen molar-refractivity contribution in [2.45, 2.75) is 13.0 Å². The summed E-state index contributed by atoms with van der Waals surface area (Å²) < 4.78 is 5.83. The highest BCUT2D eigenvalue weighted by atomic mass is 79.9. The molecule has 0 spiro atoms. The van der Waals surface area contributed by atoms with Gasteiger partial charge in [-0.25, -0.2) is 4.79 Å².